The third kappa shape index (κ3) is 3.97. The van der Waals surface area contributed by atoms with Gasteiger partial charge in [-0.2, -0.15) is 0 Å². The van der Waals surface area contributed by atoms with Crippen molar-refractivity contribution in [3.8, 4) is 5.75 Å². The van der Waals surface area contributed by atoms with Crippen LogP contribution in [0.5, 0.6) is 5.75 Å². The summed E-state index contributed by atoms with van der Waals surface area (Å²) in [6.45, 7) is 3.47. The average molecular weight is 381 g/mol. The van der Waals surface area contributed by atoms with E-state index in [0.29, 0.717) is 19.6 Å². The van der Waals surface area contributed by atoms with Gasteiger partial charge in [0.25, 0.3) is 0 Å². The molecule has 7 heteroatoms. The predicted octanol–water partition coefficient (Wildman–Crippen LogP) is 4.19. The molecule has 0 aromatic heterocycles. The SMILES string of the molecule is CCN(C(=O)Oc1ccc(F)cc1)[C@@H]1CNC[C@H]1c1ccc(Cl)c(F)c1. The van der Waals surface area contributed by atoms with Crippen LogP contribution in [0.1, 0.15) is 18.4 Å². The molecule has 2 aromatic rings. The zero-order valence-corrected chi connectivity index (χ0v) is 15.0. The van der Waals surface area contributed by atoms with Crippen LogP contribution in [-0.2, 0) is 0 Å². The average Bonchev–Trinajstić information content (AvgIpc) is 3.09. The summed E-state index contributed by atoms with van der Waals surface area (Å²) >= 11 is 5.76. The Morgan fingerprint density at radius 3 is 2.62 bits per heavy atom. The number of rotatable bonds is 4. The molecule has 0 aliphatic carbocycles. The molecule has 26 heavy (non-hydrogen) atoms. The van der Waals surface area contributed by atoms with Crippen molar-refractivity contribution in [3.05, 3.63) is 64.7 Å². The molecule has 0 saturated carbocycles. The van der Waals surface area contributed by atoms with Gasteiger partial charge < -0.3 is 15.0 Å². The highest BCUT2D eigenvalue weighted by Crippen LogP contribution is 2.29. The lowest BCUT2D eigenvalue weighted by Gasteiger charge is -2.31. The molecule has 1 amide bonds. The molecule has 0 bridgehead atoms. The third-order valence-corrected chi connectivity index (χ3v) is 4.85. The van der Waals surface area contributed by atoms with E-state index >= 15 is 0 Å². The van der Waals surface area contributed by atoms with Gasteiger partial charge in [-0.1, -0.05) is 17.7 Å². The molecule has 1 saturated heterocycles. The van der Waals surface area contributed by atoms with Crippen molar-refractivity contribution in [2.45, 2.75) is 18.9 Å². The summed E-state index contributed by atoms with van der Waals surface area (Å²) in [5, 5.41) is 3.31. The summed E-state index contributed by atoms with van der Waals surface area (Å²) in [7, 11) is 0. The van der Waals surface area contributed by atoms with Gasteiger partial charge in [0, 0.05) is 25.6 Å². The molecular formula is C19H19ClF2N2O2. The summed E-state index contributed by atoms with van der Waals surface area (Å²) in [6.07, 6.45) is -0.521. The second-order valence-electron chi connectivity index (χ2n) is 6.11. The normalized spacial score (nSPS) is 19.4. The Morgan fingerprint density at radius 1 is 1.23 bits per heavy atom. The number of amides is 1. The van der Waals surface area contributed by atoms with Crippen molar-refractivity contribution in [2.24, 2.45) is 0 Å². The van der Waals surface area contributed by atoms with E-state index in [1.807, 2.05) is 6.92 Å². The van der Waals surface area contributed by atoms with Crippen LogP contribution in [0.15, 0.2) is 42.5 Å². The summed E-state index contributed by atoms with van der Waals surface area (Å²) < 4.78 is 32.2. The van der Waals surface area contributed by atoms with E-state index in [-0.39, 0.29) is 22.7 Å². The number of benzene rings is 2. The number of nitrogens with zero attached hydrogens (tertiary/aromatic N) is 1. The minimum absolute atomic E-state index is 0.0688. The van der Waals surface area contributed by atoms with Crippen LogP contribution in [0.4, 0.5) is 13.6 Å². The number of hydrogen-bond acceptors (Lipinski definition) is 3. The molecule has 1 aliphatic rings. The fourth-order valence-corrected chi connectivity index (χ4v) is 3.35. The molecular weight excluding hydrogens is 362 g/mol. The second-order valence-corrected chi connectivity index (χ2v) is 6.52. The van der Waals surface area contributed by atoms with Crippen LogP contribution in [0, 0.1) is 11.6 Å². The summed E-state index contributed by atoms with van der Waals surface area (Å²) in [4.78, 5) is 14.2. The molecule has 1 fully saturated rings. The maximum absolute atomic E-state index is 13.8. The first-order valence-electron chi connectivity index (χ1n) is 8.39. The lowest BCUT2D eigenvalue weighted by Crippen LogP contribution is -2.45. The molecule has 1 heterocycles. The highest BCUT2D eigenvalue weighted by atomic mass is 35.5. The largest absolute Gasteiger partial charge is 0.415 e. The molecule has 0 spiro atoms. The van der Waals surface area contributed by atoms with Gasteiger partial charge in [-0.3, -0.25) is 0 Å². The van der Waals surface area contributed by atoms with Crippen molar-refractivity contribution in [2.75, 3.05) is 19.6 Å². The topological polar surface area (TPSA) is 41.6 Å². The first-order chi connectivity index (χ1) is 12.5. The number of hydrogen-bond donors (Lipinski definition) is 1. The maximum atomic E-state index is 13.8. The molecule has 0 unspecified atom stereocenters. The van der Waals surface area contributed by atoms with E-state index in [1.165, 1.54) is 36.4 Å². The number of carbonyl (C=O) groups is 1. The van der Waals surface area contributed by atoms with Gasteiger partial charge in [-0.05, 0) is 48.9 Å². The summed E-state index contributed by atoms with van der Waals surface area (Å²) in [6, 6.07) is 9.79. The zero-order chi connectivity index (χ0) is 18.7. The van der Waals surface area contributed by atoms with Gasteiger partial charge in [-0.25, -0.2) is 13.6 Å². The van der Waals surface area contributed by atoms with Crippen molar-refractivity contribution >= 4 is 17.7 Å². The van der Waals surface area contributed by atoms with Crippen LogP contribution in [-0.4, -0.2) is 36.7 Å². The van der Waals surface area contributed by atoms with Gasteiger partial charge >= 0.3 is 6.09 Å². The first kappa shape index (κ1) is 18.6. The Hall–Kier alpha value is -2.18. The van der Waals surface area contributed by atoms with Crippen LogP contribution < -0.4 is 10.1 Å². The van der Waals surface area contributed by atoms with Crippen molar-refractivity contribution in [3.63, 3.8) is 0 Å². The quantitative estimate of drug-likeness (QED) is 0.864. The third-order valence-electron chi connectivity index (χ3n) is 4.55. The van der Waals surface area contributed by atoms with Gasteiger partial charge in [0.2, 0.25) is 0 Å². The lowest BCUT2D eigenvalue weighted by atomic mass is 9.93. The van der Waals surface area contributed by atoms with Crippen LogP contribution >= 0.6 is 11.6 Å². The number of carbonyl (C=O) groups excluding carboxylic acids is 1. The van der Waals surface area contributed by atoms with Crippen LogP contribution in [0.25, 0.3) is 0 Å². The monoisotopic (exact) mass is 380 g/mol. The number of likely N-dealkylation sites (N-methyl/N-ethyl adjacent to an activating group) is 1. The highest BCUT2D eigenvalue weighted by molar-refractivity contribution is 6.30. The number of ether oxygens (including phenoxy) is 1. The van der Waals surface area contributed by atoms with Crippen molar-refractivity contribution in [1.82, 2.24) is 10.2 Å². The van der Waals surface area contributed by atoms with E-state index in [0.717, 1.165) is 5.56 Å². The fourth-order valence-electron chi connectivity index (χ4n) is 3.24. The molecule has 2 atom stereocenters. The molecule has 4 nitrogen and oxygen atoms in total. The smallest absolute Gasteiger partial charge is 0.410 e. The number of nitrogens with one attached hydrogen (secondary N) is 1. The van der Waals surface area contributed by atoms with E-state index in [4.69, 9.17) is 16.3 Å². The number of halogens is 3. The lowest BCUT2D eigenvalue weighted by molar-refractivity contribution is 0.134. The van der Waals surface area contributed by atoms with Gasteiger partial charge in [-0.15, -0.1) is 0 Å². The summed E-state index contributed by atoms with van der Waals surface area (Å²) in [5.41, 5.74) is 0.773. The maximum Gasteiger partial charge on any atom is 0.415 e. The molecule has 1 N–H and O–H groups in total. The van der Waals surface area contributed by atoms with Gasteiger partial charge in [0.15, 0.2) is 0 Å². The Labute approximate surface area is 155 Å². The minimum Gasteiger partial charge on any atom is -0.410 e. The van der Waals surface area contributed by atoms with Gasteiger partial charge in [0.1, 0.15) is 17.4 Å². The van der Waals surface area contributed by atoms with Gasteiger partial charge in [0.05, 0.1) is 11.1 Å². The molecule has 2 aromatic carbocycles. The molecule has 138 valence electrons. The van der Waals surface area contributed by atoms with Crippen molar-refractivity contribution in [1.29, 1.82) is 0 Å². The Balaban J connectivity index is 1.78. The minimum atomic E-state index is -0.521. The van der Waals surface area contributed by atoms with Crippen molar-refractivity contribution < 1.29 is 18.3 Å². The molecule has 3 rings (SSSR count). The second kappa shape index (κ2) is 8.01. The highest BCUT2D eigenvalue weighted by Gasteiger charge is 2.36. The van der Waals surface area contributed by atoms with Crippen LogP contribution in [0.2, 0.25) is 5.02 Å². The van der Waals surface area contributed by atoms with E-state index in [1.54, 1.807) is 11.0 Å². The van der Waals surface area contributed by atoms with Crippen LogP contribution in [0.3, 0.4) is 0 Å². The van der Waals surface area contributed by atoms with E-state index in [2.05, 4.69) is 5.32 Å². The first-order valence-corrected chi connectivity index (χ1v) is 8.77. The van der Waals surface area contributed by atoms with E-state index < -0.39 is 17.7 Å². The predicted molar refractivity (Wildman–Crippen MR) is 95.6 cm³/mol. The Kier molecular flexibility index (Phi) is 5.74. The molecule has 0 radical (unpaired) electrons. The standard InChI is InChI=1S/C19H19ClF2N2O2/c1-2-24(19(25)26-14-6-4-13(21)5-7-14)18-11-23-10-15(18)12-3-8-16(20)17(22)9-12/h3-9,15,18,23H,2,10-11H2,1H3/t15-,18+/m0/s1. The Morgan fingerprint density at radius 2 is 1.96 bits per heavy atom. The Bertz CT molecular complexity index is 786. The summed E-state index contributed by atoms with van der Waals surface area (Å²) in [5.74, 6) is -0.689. The fraction of sp³-hybridized carbons (Fsp3) is 0.316. The van der Waals surface area contributed by atoms with E-state index in [9.17, 15) is 13.6 Å². The zero-order valence-electron chi connectivity index (χ0n) is 14.2. The molecule has 1 aliphatic heterocycles.